The van der Waals surface area contributed by atoms with Crippen LogP contribution in [0.2, 0.25) is 0 Å². The van der Waals surface area contributed by atoms with Gasteiger partial charge in [0, 0.05) is 5.69 Å². The van der Waals surface area contributed by atoms with E-state index >= 15 is 0 Å². The molecule has 0 aliphatic carbocycles. The van der Waals surface area contributed by atoms with Crippen molar-refractivity contribution in [1.82, 2.24) is 0 Å². The quantitative estimate of drug-likeness (QED) is 0.658. The first-order valence-electron chi connectivity index (χ1n) is 8.66. The molecule has 0 aliphatic heterocycles. The van der Waals surface area contributed by atoms with E-state index in [2.05, 4.69) is 19.2 Å². The van der Waals surface area contributed by atoms with E-state index < -0.39 is 0 Å². The average Bonchev–Trinajstić information content (AvgIpc) is 2.62. The topological polar surface area (TPSA) is 38.3 Å². The molecule has 0 saturated heterocycles. The van der Waals surface area contributed by atoms with E-state index in [0.717, 1.165) is 22.0 Å². The van der Waals surface area contributed by atoms with Gasteiger partial charge in [0.25, 0.3) is 5.91 Å². The fourth-order valence-electron chi connectivity index (χ4n) is 3.06. The van der Waals surface area contributed by atoms with Crippen LogP contribution in [0.15, 0.2) is 60.7 Å². The highest BCUT2D eigenvalue weighted by atomic mass is 16.5. The maximum absolute atomic E-state index is 13.1. The van der Waals surface area contributed by atoms with Gasteiger partial charge in [-0.25, -0.2) is 0 Å². The number of amides is 1. The Bertz CT molecular complexity index is 899. The van der Waals surface area contributed by atoms with Crippen LogP contribution in [-0.2, 0) is 0 Å². The summed E-state index contributed by atoms with van der Waals surface area (Å²) in [5.74, 6) is 0.796. The van der Waals surface area contributed by atoms with E-state index in [-0.39, 0.29) is 5.91 Å². The zero-order valence-corrected chi connectivity index (χ0v) is 14.9. The Hall–Kier alpha value is -2.81. The molecule has 0 heterocycles. The summed E-state index contributed by atoms with van der Waals surface area (Å²) in [7, 11) is 0. The first kappa shape index (κ1) is 17.0. The molecule has 0 unspecified atom stereocenters. The van der Waals surface area contributed by atoms with Gasteiger partial charge in [0.1, 0.15) is 5.75 Å². The second-order valence-electron chi connectivity index (χ2n) is 6.29. The maximum atomic E-state index is 13.1. The SMILES string of the molecule is CCOc1ccc2ccccc2c1C(=O)Nc1ccccc1C(C)C. The molecule has 25 heavy (non-hydrogen) atoms. The number of nitrogens with one attached hydrogen (secondary N) is 1. The largest absolute Gasteiger partial charge is 0.493 e. The summed E-state index contributed by atoms with van der Waals surface area (Å²) < 4.78 is 5.72. The van der Waals surface area contributed by atoms with Crippen molar-refractivity contribution in [2.24, 2.45) is 0 Å². The minimum absolute atomic E-state index is 0.145. The van der Waals surface area contributed by atoms with Crippen LogP contribution in [0.25, 0.3) is 10.8 Å². The van der Waals surface area contributed by atoms with Crippen molar-refractivity contribution in [3.05, 3.63) is 71.8 Å². The van der Waals surface area contributed by atoms with Crippen LogP contribution in [0.3, 0.4) is 0 Å². The zero-order chi connectivity index (χ0) is 17.8. The molecule has 3 heteroatoms. The lowest BCUT2D eigenvalue weighted by molar-refractivity contribution is 0.102. The number of rotatable bonds is 5. The number of carbonyl (C=O) groups is 1. The van der Waals surface area contributed by atoms with Crippen molar-refractivity contribution in [1.29, 1.82) is 0 Å². The highest BCUT2D eigenvalue weighted by Gasteiger charge is 2.18. The van der Waals surface area contributed by atoms with Crippen molar-refractivity contribution in [3.63, 3.8) is 0 Å². The number of hydrogen-bond acceptors (Lipinski definition) is 2. The van der Waals surface area contributed by atoms with Gasteiger partial charge in [-0.15, -0.1) is 0 Å². The molecule has 0 radical (unpaired) electrons. The lowest BCUT2D eigenvalue weighted by atomic mass is 10.00. The summed E-state index contributed by atoms with van der Waals surface area (Å²) in [6.45, 7) is 6.68. The molecular weight excluding hydrogens is 310 g/mol. The Morgan fingerprint density at radius 1 is 1.00 bits per heavy atom. The molecule has 3 aromatic carbocycles. The zero-order valence-electron chi connectivity index (χ0n) is 14.9. The number of anilines is 1. The van der Waals surface area contributed by atoms with Crippen LogP contribution in [0.5, 0.6) is 5.75 Å². The minimum Gasteiger partial charge on any atom is -0.493 e. The summed E-state index contributed by atoms with van der Waals surface area (Å²) in [6, 6.07) is 19.7. The molecule has 1 amide bonds. The molecule has 0 fully saturated rings. The Labute approximate surface area is 148 Å². The Morgan fingerprint density at radius 2 is 1.72 bits per heavy atom. The van der Waals surface area contributed by atoms with Crippen LogP contribution in [-0.4, -0.2) is 12.5 Å². The summed E-state index contributed by atoms with van der Waals surface area (Å²) in [5.41, 5.74) is 2.55. The van der Waals surface area contributed by atoms with Crippen LogP contribution in [0, 0.1) is 0 Å². The summed E-state index contributed by atoms with van der Waals surface area (Å²) in [5, 5.41) is 5.00. The molecular formula is C22H23NO2. The van der Waals surface area contributed by atoms with Gasteiger partial charge >= 0.3 is 0 Å². The van der Waals surface area contributed by atoms with Crippen LogP contribution in [0.4, 0.5) is 5.69 Å². The number of para-hydroxylation sites is 1. The van der Waals surface area contributed by atoms with E-state index in [1.54, 1.807) is 0 Å². The summed E-state index contributed by atoms with van der Waals surface area (Å²) >= 11 is 0. The van der Waals surface area contributed by atoms with Crippen molar-refractivity contribution >= 4 is 22.4 Å². The van der Waals surface area contributed by atoms with E-state index in [9.17, 15) is 4.79 Å². The fraction of sp³-hybridized carbons (Fsp3) is 0.227. The molecule has 1 N–H and O–H groups in total. The van der Waals surface area contributed by atoms with Gasteiger partial charge < -0.3 is 10.1 Å². The van der Waals surface area contributed by atoms with Gasteiger partial charge in [0.2, 0.25) is 0 Å². The average molecular weight is 333 g/mol. The number of ether oxygens (including phenoxy) is 1. The van der Waals surface area contributed by atoms with Crippen molar-refractivity contribution < 1.29 is 9.53 Å². The lowest BCUT2D eigenvalue weighted by Gasteiger charge is -2.16. The normalized spacial score (nSPS) is 10.9. The van der Waals surface area contributed by atoms with Gasteiger partial charge in [-0.05, 0) is 41.3 Å². The van der Waals surface area contributed by atoms with Crippen LogP contribution < -0.4 is 10.1 Å². The summed E-state index contributed by atoms with van der Waals surface area (Å²) in [6.07, 6.45) is 0. The maximum Gasteiger partial charge on any atom is 0.260 e. The van der Waals surface area contributed by atoms with Crippen molar-refractivity contribution in [2.75, 3.05) is 11.9 Å². The van der Waals surface area contributed by atoms with Gasteiger partial charge in [-0.3, -0.25) is 4.79 Å². The number of hydrogen-bond donors (Lipinski definition) is 1. The molecule has 3 nitrogen and oxygen atoms in total. The van der Waals surface area contributed by atoms with E-state index in [1.165, 1.54) is 0 Å². The molecule has 0 saturated carbocycles. The van der Waals surface area contributed by atoms with E-state index in [1.807, 2.05) is 67.6 Å². The summed E-state index contributed by atoms with van der Waals surface area (Å²) in [4.78, 5) is 13.1. The van der Waals surface area contributed by atoms with Gasteiger partial charge in [0.05, 0.1) is 12.2 Å². The van der Waals surface area contributed by atoms with E-state index in [0.29, 0.717) is 23.8 Å². The first-order chi connectivity index (χ1) is 12.1. The predicted molar refractivity (Wildman–Crippen MR) is 104 cm³/mol. The second-order valence-corrected chi connectivity index (χ2v) is 6.29. The second kappa shape index (κ2) is 7.39. The first-order valence-corrected chi connectivity index (χ1v) is 8.66. The van der Waals surface area contributed by atoms with Crippen LogP contribution >= 0.6 is 0 Å². The number of carbonyl (C=O) groups excluding carboxylic acids is 1. The molecule has 0 atom stereocenters. The monoisotopic (exact) mass is 333 g/mol. The molecule has 0 spiro atoms. The molecule has 0 bridgehead atoms. The third kappa shape index (κ3) is 3.50. The third-order valence-corrected chi connectivity index (χ3v) is 4.25. The standard InChI is InChI=1S/C22H23NO2/c1-4-25-20-14-13-16-9-5-6-11-18(16)21(20)22(24)23-19-12-8-7-10-17(19)15(2)3/h5-15H,4H2,1-3H3,(H,23,24). The highest BCUT2D eigenvalue weighted by molar-refractivity contribution is 6.15. The number of fused-ring (bicyclic) bond motifs is 1. The Balaban J connectivity index is 2.06. The Morgan fingerprint density at radius 3 is 2.48 bits per heavy atom. The lowest BCUT2D eigenvalue weighted by Crippen LogP contribution is -2.15. The molecule has 0 aromatic heterocycles. The van der Waals surface area contributed by atoms with Gasteiger partial charge in [-0.2, -0.15) is 0 Å². The predicted octanol–water partition coefficient (Wildman–Crippen LogP) is 5.61. The number of benzene rings is 3. The molecule has 128 valence electrons. The minimum atomic E-state index is -0.145. The highest BCUT2D eigenvalue weighted by Crippen LogP contribution is 2.30. The van der Waals surface area contributed by atoms with Gasteiger partial charge in [0.15, 0.2) is 0 Å². The fourth-order valence-corrected chi connectivity index (χ4v) is 3.06. The van der Waals surface area contributed by atoms with Crippen molar-refractivity contribution in [3.8, 4) is 5.75 Å². The third-order valence-electron chi connectivity index (χ3n) is 4.25. The molecule has 3 rings (SSSR count). The Kier molecular flexibility index (Phi) is 5.03. The smallest absolute Gasteiger partial charge is 0.260 e. The van der Waals surface area contributed by atoms with Crippen LogP contribution in [0.1, 0.15) is 42.6 Å². The van der Waals surface area contributed by atoms with E-state index in [4.69, 9.17) is 4.74 Å². The molecule has 3 aromatic rings. The molecule has 0 aliphatic rings. The van der Waals surface area contributed by atoms with Gasteiger partial charge in [-0.1, -0.05) is 62.4 Å². The van der Waals surface area contributed by atoms with Crippen molar-refractivity contribution in [2.45, 2.75) is 26.7 Å².